The normalized spacial score (nSPS) is 19.2. The first kappa shape index (κ1) is 28.6. The third-order valence-electron chi connectivity index (χ3n) is 6.73. The van der Waals surface area contributed by atoms with Gasteiger partial charge in [-0.2, -0.15) is 12.8 Å². The summed E-state index contributed by atoms with van der Waals surface area (Å²) in [5.41, 5.74) is 0.299. The van der Waals surface area contributed by atoms with Gasteiger partial charge >= 0.3 is 11.9 Å². The van der Waals surface area contributed by atoms with Crippen LogP contribution in [0.25, 0.3) is 0 Å². The van der Waals surface area contributed by atoms with Crippen LogP contribution in [0.1, 0.15) is 37.7 Å². The molecular formula is C26H31N3O8S2. The fourth-order valence-electron chi connectivity index (χ4n) is 4.73. The summed E-state index contributed by atoms with van der Waals surface area (Å²) in [4.78, 5) is 25.9. The second-order valence-electron chi connectivity index (χ2n) is 9.31. The van der Waals surface area contributed by atoms with Gasteiger partial charge in [0.1, 0.15) is 11.4 Å². The first-order chi connectivity index (χ1) is 18.5. The van der Waals surface area contributed by atoms with Gasteiger partial charge in [0.2, 0.25) is 0 Å². The zero-order valence-corrected chi connectivity index (χ0v) is 23.5. The van der Waals surface area contributed by atoms with Crippen LogP contribution in [0.2, 0.25) is 0 Å². The predicted molar refractivity (Wildman–Crippen MR) is 141 cm³/mol. The van der Waals surface area contributed by atoms with E-state index in [1.807, 2.05) is 0 Å². The molecule has 210 valence electrons. The maximum absolute atomic E-state index is 14.2. The Morgan fingerprint density at radius 1 is 0.821 bits per heavy atom. The van der Waals surface area contributed by atoms with Crippen molar-refractivity contribution in [1.82, 2.24) is 14.1 Å². The van der Waals surface area contributed by atoms with Gasteiger partial charge in [-0.15, -0.1) is 0 Å². The molecule has 1 unspecified atom stereocenters. The Balaban J connectivity index is 2.03. The Kier molecular flexibility index (Phi) is 8.33. The zero-order valence-electron chi connectivity index (χ0n) is 21.9. The molecule has 1 N–H and O–H groups in total. The lowest BCUT2D eigenvalue weighted by atomic mass is 9.95. The molecule has 13 heteroatoms. The number of hydrazine groups is 1. The van der Waals surface area contributed by atoms with E-state index in [1.165, 1.54) is 36.4 Å². The molecule has 4 rings (SSSR count). The summed E-state index contributed by atoms with van der Waals surface area (Å²) < 4.78 is 67.4. The van der Waals surface area contributed by atoms with Gasteiger partial charge in [-0.3, -0.25) is 0 Å². The van der Waals surface area contributed by atoms with E-state index in [2.05, 4.69) is 5.32 Å². The van der Waals surface area contributed by atoms with Gasteiger partial charge in [-0.05, 0) is 44.0 Å². The molecule has 0 amide bonds. The van der Waals surface area contributed by atoms with Crippen LogP contribution in [0.4, 0.5) is 0 Å². The topological polar surface area (TPSA) is 139 Å². The molecule has 0 spiro atoms. The number of carbonyl (C=O) groups is 2. The standard InChI is InChI=1S/C26H31N3O8S2/c1-18-14-16-21(17-15-18)39(34,35)29-24(27-19-10-6-4-7-11-19)22(25(30)36-2)23(26(31)37-3)28(29)38(32,33)20-12-8-5-9-13-20/h5,8-9,12-17,19,23,27H,4,6-7,10-11H2,1-3H3. The molecule has 39 heavy (non-hydrogen) atoms. The average molecular weight is 578 g/mol. The van der Waals surface area contributed by atoms with Crippen molar-refractivity contribution in [2.24, 2.45) is 0 Å². The number of rotatable bonds is 8. The molecule has 0 aromatic heterocycles. The van der Waals surface area contributed by atoms with Crippen LogP contribution >= 0.6 is 0 Å². The van der Waals surface area contributed by atoms with E-state index < -0.39 is 43.6 Å². The van der Waals surface area contributed by atoms with Crippen molar-refractivity contribution in [3.8, 4) is 0 Å². The number of hydrogen-bond acceptors (Lipinski definition) is 9. The number of methoxy groups -OCH3 is 2. The third-order valence-corrected chi connectivity index (χ3v) is 10.2. The van der Waals surface area contributed by atoms with E-state index in [1.54, 1.807) is 25.1 Å². The highest BCUT2D eigenvalue weighted by molar-refractivity contribution is 7.92. The number of carbonyl (C=O) groups excluding carboxylic acids is 2. The van der Waals surface area contributed by atoms with Crippen molar-refractivity contribution < 1.29 is 35.9 Å². The summed E-state index contributed by atoms with van der Waals surface area (Å²) in [6, 6.07) is 10.6. The van der Waals surface area contributed by atoms with Crippen LogP contribution in [-0.4, -0.2) is 63.9 Å². The van der Waals surface area contributed by atoms with E-state index in [4.69, 9.17) is 9.47 Å². The molecule has 1 aliphatic heterocycles. The number of sulfonamides is 2. The van der Waals surface area contributed by atoms with Crippen molar-refractivity contribution in [3.05, 3.63) is 71.6 Å². The molecule has 2 aromatic rings. The van der Waals surface area contributed by atoms with Gasteiger partial charge < -0.3 is 14.8 Å². The van der Waals surface area contributed by atoms with Crippen molar-refractivity contribution >= 4 is 32.0 Å². The van der Waals surface area contributed by atoms with Gasteiger partial charge in [0.05, 0.1) is 24.0 Å². The van der Waals surface area contributed by atoms with Crippen LogP contribution in [-0.2, 0) is 39.1 Å². The molecule has 2 aromatic carbocycles. The Labute approximate surface area is 228 Å². The molecule has 1 aliphatic carbocycles. The molecule has 1 heterocycles. The lowest BCUT2D eigenvalue weighted by Gasteiger charge is -2.34. The van der Waals surface area contributed by atoms with Crippen LogP contribution in [0, 0.1) is 6.92 Å². The summed E-state index contributed by atoms with van der Waals surface area (Å²) in [6.07, 6.45) is 4.02. The maximum Gasteiger partial charge on any atom is 0.339 e. The SMILES string of the molecule is COC(=O)C1=C(NC2CCCCC2)N(S(=O)(=O)c2ccc(C)cc2)N(S(=O)(=O)c2ccccc2)C1C(=O)OC. The Morgan fingerprint density at radius 3 is 1.97 bits per heavy atom. The summed E-state index contributed by atoms with van der Waals surface area (Å²) in [6.45, 7) is 1.77. The van der Waals surface area contributed by atoms with Gasteiger partial charge in [0.25, 0.3) is 20.0 Å². The second kappa shape index (κ2) is 11.4. The van der Waals surface area contributed by atoms with E-state index in [9.17, 15) is 26.4 Å². The molecule has 1 saturated carbocycles. The van der Waals surface area contributed by atoms with E-state index in [0.29, 0.717) is 21.7 Å². The van der Waals surface area contributed by atoms with E-state index in [0.717, 1.165) is 39.0 Å². The molecule has 0 radical (unpaired) electrons. The molecule has 0 saturated heterocycles. The average Bonchev–Trinajstić information content (AvgIpc) is 3.29. The lowest BCUT2D eigenvalue weighted by molar-refractivity contribution is -0.147. The van der Waals surface area contributed by atoms with Crippen LogP contribution in [0.3, 0.4) is 0 Å². The number of benzene rings is 2. The van der Waals surface area contributed by atoms with Crippen LogP contribution in [0.5, 0.6) is 0 Å². The molecule has 1 fully saturated rings. The molecule has 0 bridgehead atoms. The Morgan fingerprint density at radius 2 is 1.41 bits per heavy atom. The maximum atomic E-state index is 14.2. The highest BCUT2D eigenvalue weighted by Gasteiger charge is 2.57. The fraction of sp³-hybridized carbons (Fsp3) is 0.385. The van der Waals surface area contributed by atoms with Crippen molar-refractivity contribution in [2.45, 2.75) is 60.9 Å². The summed E-state index contributed by atoms with van der Waals surface area (Å²) in [5.74, 6) is -2.58. The molecule has 11 nitrogen and oxygen atoms in total. The highest BCUT2D eigenvalue weighted by Crippen LogP contribution is 2.39. The largest absolute Gasteiger partial charge is 0.468 e. The number of nitrogens with one attached hydrogen (secondary N) is 1. The van der Waals surface area contributed by atoms with Crippen LogP contribution in [0.15, 0.2) is 75.8 Å². The first-order valence-corrected chi connectivity index (χ1v) is 15.3. The zero-order chi connectivity index (χ0) is 28.4. The minimum absolute atomic E-state index is 0.237. The van der Waals surface area contributed by atoms with Gasteiger partial charge in [0, 0.05) is 6.04 Å². The van der Waals surface area contributed by atoms with E-state index in [-0.39, 0.29) is 21.7 Å². The first-order valence-electron chi connectivity index (χ1n) is 12.4. The number of esters is 2. The Hall–Kier alpha value is -3.42. The number of hydrogen-bond donors (Lipinski definition) is 1. The smallest absolute Gasteiger partial charge is 0.339 e. The van der Waals surface area contributed by atoms with Gasteiger partial charge in [0.15, 0.2) is 6.04 Å². The monoisotopic (exact) mass is 577 g/mol. The third kappa shape index (κ3) is 5.38. The quantitative estimate of drug-likeness (QED) is 0.469. The second-order valence-corrected chi connectivity index (χ2v) is 12.9. The fourth-order valence-corrected chi connectivity index (χ4v) is 8.10. The van der Waals surface area contributed by atoms with Gasteiger partial charge in [-0.1, -0.05) is 59.6 Å². The minimum atomic E-state index is -4.75. The van der Waals surface area contributed by atoms with Gasteiger partial charge in [-0.25, -0.2) is 18.0 Å². The number of nitrogens with zero attached hydrogens (tertiary/aromatic N) is 2. The molecule has 2 aliphatic rings. The highest BCUT2D eigenvalue weighted by atomic mass is 32.2. The summed E-state index contributed by atoms with van der Waals surface area (Å²) in [5, 5.41) is 3.09. The lowest BCUT2D eigenvalue weighted by Crippen LogP contribution is -2.53. The number of ether oxygens (including phenoxy) is 2. The van der Waals surface area contributed by atoms with E-state index >= 15 is 0 Å². The van der Waals surface area contributed by atoms with Crippen molar-refractivity contribution in [2.75, 3.05) is 14.2 Å². The molecular weight excluding hydrogens is 546 g/mol. The predicted octanol–water partition coefficient (Wildman–Crippen LogP) is 2.45. The minimum Gasteiger partial charge on any atom is -0.468 e. The van der Waals surface area contributed by atoms with Crippen LogP contribution < -0.4 is 5.32 Å². The van der Waals surface area contributed by atoms with Crippen molar-refractivity contribution in [3.63, 3.8) is 0 Å². The number of aryl methyl sites for hydroxylation is 1. The van der Waals surface area contributed by atoms with Crippen molar-refractivity contribution in [1.29, 1.82) is 0 Å². The molecule has 1 atom stereocenters. The Bertz CT molecular complexity index is 1470. The summed E-state index contributed by atoms with van der Waals surface area (Å²) in [7, 11) is -7.36. The summed E-state index contributed by atoms with van der Waals surface area (Å²) >= 11 is 0.